The zero-order chi connectivity index (χ0) is 18.5. The van der Waals surface area contributed by atoms with Crippen LogP contribution in [0, 0.1) is 6.92 Å². The summed E-state index contributed by atoms with van der Waals surface area (Å²) in [4.78, 5) is 1.16. The van der Waals surface area contributed by atoms with E-state index in [-0.39, 0.29) is 0 Å². The minimum Gasteiger partial charge on any atom is -0.493 e. The van der Waals surface area contributed by atoms with E-state index in [1.165, 1.54) is 5.56 Å². The van der Waals surface area contributed by atoms with Crippen LogP contribution in [0.2, 0.25) is 0 Å². The predicted octanol–water partition coefficient (Wildman–Crippen LogP) is 4.36. The highest BCUT2D eigenvalue weighted by atomic mass is 32.2. The van der Waals surface area contributed by atoms with Crippen LogP contribution in [0.25, 0.3) is 11.5 Å². The summed E-state index contributed by atoms with van der Waals surface area (Å²) in [7, 11) is 4.70. The van der Waals surface area contributed by atoms with E-state index in [0.29, 0.717) is 40.3 Å². The molecule has 3 rings (SSSR count). The fourth-order valence-electron chi connectivity index (χ4n) is 2.41. The van der Waals surface area contributed by atoms with Crippen LogP contribution in [-0.4, -0.2) is 31.5 Å². The Kier molecular flexibility index (Phi) is 5.68. The van der Waals surface area contributed by atoms with Gasteiger partial charge in [-0.3, -0.25) is 0 Å². The standard InChI is InChI=1S/C19H20N2O4S/c1-12-5-7-14(8-6-12)26-11-17-20-21-19(25-17)13-9-15(22-2)18(24-4)16(10-13)23-3/h5-10H,11H2,1-4H3. The van der Waals surface area contributed by atoms with E-state index in [0.717, 1.165) is 4.90 Å². The zero-order valence-electron chi connectivity index (χ0n) is 15.1. The van der Waals surface area contributed by atoms with E-state index in [9.17, 15) is 0 Å². The molecule has 3 aromatic rings. The molecule has 1 aromatic heterocycles. The lowest BCUT2D eigenvalue weighted by molar-refractivity contribution is 0.324. The summed E-state index contributed by atoms with van der Waals surface area (Å²) in [5.41, 5.74) is 1.94. The number of rotatable bonds is 7. The molecule has 0 atom stereocenters. The Morgan fingerprint density at radius 1 is 0.923 bits per heavy atom. The molecule has 0 amide bonds. The average Bonchev–Trinajstić information content (AvgIpc) is 3.15. The highest BCUT2D eigenvalue weighted by Crippen LogP contribution is 2.41. The van der Waals surface area contributed by atoms with Crippen molar-refractivity contribution in [2.45, 2.75) is 17.6 Å². The monoisotopic (exact) mass is 372 g/mol. The van der Waals surface area contributed by atoms with Crippen LogP contribution in [0.5, 0.6) is 17.2 Å². The molecular formula is C19H20N2O4S. The van der Waals surface area contributed by atoms with Crippen molar-refractivity contribution in [3.05, 3.63) is 47.9 Å². The van der Waals surface area contributed by atoms with E-state index in [4.69, 9.17) is 18.6 Å². The van der Waals surface area contributed by atoms with E-state index in [1.807, 2.05) is 0 Å². The third-order valence-corrected chi connectivity index (χ3v) is 4.76. The number of aryl methyl sites for hydroxylation is 1. The number of ether oxygens (including phenoxy) is 3. The molecule has 0 saturated heterocycles. The van der Waals surface area contributed by atoms with Gasteiger partial charge in [0.15, 0.2) is 11.5 Å². The molecule has 0 unspecified atom stereocenters. The van der Waals surface area contributed by atoms with Crippen molar-refractivity contribution in [2.24, 2.45) is 0 Å². The molecule has 0 spiro atoms. The Bertz CT molecular complexity index is 852. The smallest absolute Gasteiger partial charge is 0.248 e. The van der Waals surface area contributed by atoms with Crippen molar-refractivity contribution in [1.29, 1.82) is 0 Å². The molecule has 7 heteroatoms. The molecule has 0 radical (unpaired) electrons. The molecule has 26 heavy (non-hydrogen) atoms. The average molecular weight is 372 g/mol. The Morgan fingerprint density at radius 3 is 2.15 bits per heavy atom. The first-order chi connectivity index (χ1) is 12.6. The van der Waals surface area contributed by atoms with Crippen molar-refractivity contribution in [2.75, 3.05) is 21.3 Å². The van der Waals surface area contributed by atoms with Crippen LogP contribution in [0.1, 0.15) is 11.5 Å². The largest absolute Gasteiger partial charge is 0.493 e. The normalized spacial score (nSPS) is 10.6. The molecule has 0 N–H and O–H groups in total. The lowest BCUT2D eigenvalue weighted by Crippen LogP contribution is -1.95. The van der Waals surface area contributed by atoms with E-state index in [1.54, 1.807) is 45.2 Å². The highest BCUT2D eigenvalue weighted by molar-refractivity contribution is 7.98. The molecule has 0 fully saturated rings. The lowest BCUT2D eigenvalue weighted by atomic mass is 10.2. The summed E-state index contributed by atoms with van der Waals surface area (Å²) in [6, 6.07) is 11.9. The topological polar surface area (TPSA) is 66.6 Å². The molecule has 136 valence electrons. The maximum absolute atomic E-state index is 5.79. The molecule has 6 nitrogen and oxygen atoms in total. The van der Waals surface area contributed by atoms with Crippen molar-refractivity contribution in [3.8, 4) is 28.7 Å². The molecular weight excluding hydrogens is 352 g/mol. The van der Waals surface area contributed by atoms with Gasteiger partial charge < -0.3 is 18.6 Å². The molecule has 0 bridgehead atoms. The van der Waals surface area contributed by atoms with Crippen LogP contribution < -0.4 is 14.2 Å². The summed E-state index contributed by atoms with van der Waals surface area (Å²) in [5, 5.41) is 8.27. The Hall–Kier alpha value is -2.67. The predicted molar refractivity (Wildman–Crippen MR) is 100 cm³/mol. The Balaban J connectivity index is 1.79. The second-order valence-corrected chi connectivity index (χ2v) is 6.57. The van der Waals surface area contributed by atoms with E-state index < -0.39 is 0 Å². The second-order valence-electron chi connectivity index (χ2n) is 5.52. The number of thioether (sulfide) groups is 1. The molecule has 0 aliphatic carbocycles. The minimum atomic E-state index is 0.406. The summed E-state index contributed by atoms with van der Waals surface area (Å²) in [6.07, 6.45) is 0. The van der Waals surface area contributed by atoms with E-state index >= 15 is 0 Å². The van der Waals surface area contributed by atoms with Gasteiger partial charge in [0, 0.05) is 10.5 Å². The Labute approximate surface area is 156 Å². The van der Waals surface area contributed by atoms with Gasteiger partial charge in [-0.15, -0.1) is 22.0 Å². The molecule has 0 aliphatic rings. The number of hydrogen-bond donors (Lipinski definition) is 0. The third kappa shape index (κ3) is 3.94. The maximum Gasteiger partial charge on any atom is 0.248 e. The van der Waals surface area contributed by atoms with Crippen molar-refractivity contribution in [3.63, 3.8) is 0 Å². The lowest BCUT2D eigenvalue weighted by Gasteiger charge is -2.12. The number of hydrogen-bond acceptors (Lipinski definition) is 7. The number of nitrogens with zero attached hydrogens (tertiary/aromatic N) is 2. The molecule has 0 aliphatic heterocycles. The van der Waals surface area contributed by atoms with E-state index in [2.05, 4.69) is 41.4 Å². The fourth-order valence-corrected chi connectivity index (χ4v) is 3.15. The first-order valence-corrected chi connectivity index (χ1v) is 8.95. The molecule has 2 aromatic carbocycles. The Morgan fingerprint density at radius 2 is 1.58 bits per heavy atom. The van der Waals surface area contributed by atoms with Crippen molar-refractivity contribution in [1.82, 2.24) is 10.2 Å². The summed E-state index contributed by atoms with van der Waals surface area (Å²) < 4.78 is 21.9. The van der Waals surface area contributed by atoms with Gasteiger partial charge in [-0.05, 0) is 31.2 Å². The van der Waals surface area contributed by atoms with Gasteiger partial charge in [0.2, 0.25) is 17.5 Å². The molecule has 1 heterocycles. The van der Waals surface area contributed by atoms with Crippen LogP contribution in [0.3, 0.4) is 0 Å². The summed E-state index contributed by atoms with van der Waals surface area (Å²) >= 11 is 1.65. The highest BCUT2D eigenvalue weighted by Gasteiger charge is 2.17. The first kappa shape index (κ1) is 18.1. The van der Waals surface area contributed by atoms with Gasteiger partial charge in [-0.2, -0.15) is 0 Å². The van der Waals surface area contributed by atoms with Gasteiger partial charge in [0.1, 0.15) is 0 Å². The van der Waals surface area contributed by atoms with Gasteiger partial charge in [0.05, 0.1) is 27.1 Å². The van der Waals surface area contributed by atoms with Gasteiger partial charge in [0.25, 0.3) is 0 Å². The third-order valence-electron chi connectivity index (χ3n) is 3.76. The van der Waals surface area contributed by atoms with Crippen molar-refractivity contribution >= 4 is 11.8 Å². The minimum absolute atomic E-state index is 0.406. The second kappa shape index (κ2) is 8.14. The number of methoxy groups -OCH3 is 3. The van der Waals surface area contributed by atoms with Gasteiger partial charge >= 0.3 is 0 Å². The van der Waals surface area contributed by atoms with Crippen LogP contribution in [-0.2, 0) is 5.75 Å². The summed E-state index contributed by atoms with van der Waals surface area (Å²) in [6.45, 7) is 2.07. The SMILES string of the molecule is COc1cc(-c2nnc(CSc3ccc(C)cc3)o2)cc(OC)c1OC. The van der Waals surface area contributed by atoms with Crippen molar-refractivity contribution < 1.29 is 18.6 Å². The quantitative estimate of drug-likeness (QED) is 0.571. The number of aromatic nitrogens is 2. The summed E-state index contributed by atoms with van der Waals surface area (Å²) in [5.74, 6) is 3.16. The van der Waals surface area contributed by atoms with Gasteiger partial charge in [-0.25, -0.2) is 0 Å². The van der Waals surface area contributed by atoms with Crippen LogP contribution >= 0.6 is 11.8 Å². The maximum atomic E-state index is 5.79. The molecule has 0 saturated carbocycles. The van der Waals surface area contributed by atoms with Crippen LogP contribution in [0.4, 0.5) is 0 Å². The first-order valence-electron chi connectivity index (χ1n) is 7.96. The fraction of sp³-hybridized carbons (Fsp3) is 0.263. The zero-order valence-corrected chi connectivity index (χ0v) is 15.9. The van der Waals surface area contributed by atoms with Crippen LogP contribution in [0.15, 0.2) is 45.7 Å². The number of benzene rings is 2. The van der Waals surface area contributed by atoms with Gasteiger partial charge in [-0.1, -0.05) is 17.7 Å².